The van der Waals surface area contributed by atoms with Gasteiger partial charge in [0.25, 0.3) is 0 Å². The van der Waals surface area contributed by atoms with Crippen LogP contribution in [-0.2, 0) is 0 Å². The minimum absolute atomic E-state index is 0.567. The molecule has 4 nitrogen and oxygen atoms in total. The topological polar surface area (TPSA) is 44.8 Å². The van der Waals surface area contributed by atoms with E-state index in [1.807, 2.05) is 36.4 Å². The van der Waals surface area contributed by atoms with Crippen molar-refractivity contribution in [3.05, 3.63) is 53.1 Å². The maximum Gasteiger partial charge on any atom is 0.203 e. The van der Waals surface area contributed by atoms with Crippen molar-refractivity contribution in [1.29, 1.82) is 0 Å². The van der Waals surface area contributed by atoms with Crippen LogP contribution in [0.2, 0.25) is 0 Å². The zero-order valence-electron chi connectivity index (χ0n) is 12.8. The maximum atomic E-state index is 10.6. The van der Waals surface area contributed by atoms with E-state index in [0.717, 1.165) is 17.4 Å². The van der Waals surface area contributed by atoms with Crippen LogP contribution >= 0.6 is 0 Å². The average Bonchev–Trinajstić information content (AvgIpc) is 2.59. The molecule has 22 heavy (non-hydrogen) atoms. The van der Waals surface area contributed by atoms with E-state index in [-0.39, 0.29) is 0 Å². The first kappa shape index (κ1) is 15.6. The van der Waals surface area contributed by atoms with Gasteiger partial charge in [0.05, 0.1) is 21.3 Å². The van der Waals surface area contributed by atoms with Gasteiger partial charge in [0.1, 0.15) is 6.29 Å². The predicted octanol–water partition coefficient (Wildman–Crippen LogP) is 3.70. The Labute approximate surface area is 129 Å². The van der Waals surface area contributed by atoms with E-state index in [1.54, 1.807) is 33.5 Å². The molecule has 4 heteroatoms. The molecule has 2 rings (SSSR count). The zero-order chi connectivity index (χ0) is 15.9. The lowest BCUT2D eigenvalue weighted by Gasteiger charge is -2.12. The smallest absolute Gasteiger partial charge is 0.203 e. The van der Waals surface area contributed by atoms with Gasteiger partial charge in [0.15, 0.2) is 11.5 Å². The third-order valence-electron chi connectivity index (χ3n) is 3.23. The molecular formula is C18H18O4. The average molecular weight is 298 g/mol. The number of benzene rings is 2. The number of ether oxygens (including phenoxy) is 3. The Kier molecular flexibility index (Phi) is 5.20. The first-order valence-corrected chi connectivity index (χ1v) is 6.75. The molecular weight excluding hydrogens is 280 g/mol. The number of rotatable bonds is 6. The summed E-state index contributed by atoms with van der Waals surface area (Å²) in [6.07, 6.45) is 4.72. The lowest BCUT2D eigenvalue weighted by atomic mass is 10.1. The number of hydrogen-bond acceptors (Lipinski definition) is 4. The highest BCUT2D eigenvalue weighted by atomic mass is 16.5. The summed E-state index contributed by atoms with van der Waals surface area (Å²) in [7, 11) is 4.75. The fraction of sp³-hybridized carbons (Fsp3) is 0.167. The Morgan fingerprint density at radius 2 is 1.23 bits per heavy atom. The Hall–Kier alpha value is -2.75. The van der Waals surface area contributed by atoms with Crippen LogP contribution < -0.4 is 14.2 Å². The van der Waals surface area contributed by atoms with Gasteiger partial charge in [-0.05, 0) is 23.3 Å². The largest absolute Gasteiger partial charge is 0.493 e. The van der Waals surface area contributed by atoms with Crippen molar-refractivity contribution >= 4 is 18.4 Å². The maximum absolute atomic E-state index is 10.6. The van der Waals surface area contributed by atoms with Crippen molar-refractivity contribution in [3.63, 3.8) is 0 Å². The number of carbonyl (C=O) groups excluding carboxylic acids is 1. The van der Waals surface area contributed by atoms with Crippen molar-refractivity contribution < 1.29 is 19.0 Å². The molecule has 0 radical (unpaired) electrons. The normalized spacial score (nSPS) is 10.5. The van der Waals surface area contributed by atoms with E-state index >= 15 is 0 Å². The highest BCUT2D eigenvalue weighted by Gasteiger charge is 2.11. The van der Waals surface area contributed by atoms with Gasteiger partial charge in [0.2, 0.25) is 5.75 Å². The molecule has 0 saturated carbocycles. The van der Waals surface area contributed by atoms with E-state index in [4.69, 9.17) is 14.2 Å². The van der Waals surface area contributed by atoms with Crippen LogP contribution in [0.1, 0.15) is 21.5 Å². The van der Waals surface area contributed by atoms with Crippen molar-refractivity contribution in [2.45, 2.75) is 0 Å². The van der Waals surface area contributed by atoms with Crippen LogP contribution in [0.3, 0.4) is 0 Å². The second-order valence-corrected chi connectivity index (χ2v) is 4.58. The van der Waals surface area contributed by atoms with E-state index < -0.39 is 0 Å². The fourth-order valence-electron chi connectivity index (χ4n) is 2.08. The van der Waals surface area contributed by atoms with Gasteiger partial charge in [-0.2, -0.15) is 0 Å². The highest BCUT2D eigenvalue weighted by molar-refractivity contribution is 5.77. The van der Waals surface area contributed by atoms with Crippen LogP contribution in [0.15, 0.2) is 36.4 Å². The summed E-state index contributed by atoms with van der Waals surface area (Å²) >= 11 is 0. The Morgan fingerprint density at radius 1 is 0.727 bits per heavy atom. The summed E-state index contributed by atoms with van der Waals surface area (Å²) in [4.78, 5) is 10.6. The summed E-state index contributed by atoms with van der Waals surface area (Å²) in [6.45, 7) is 0. The molecule has 2 aromatic carbocycles. The van der Waals surface area contributed by atoms with E-state index in [0.29, 0.717) is 22.8 Å². The van der Waals surface area contributed by atoms with E-state index in [2.05, 4.69) is 0 Å². The van der Waals surface area contributed by atoms with E-state index in [1.165, 1.54) is 0 Å². The number of carbonyl (C=O) groups is 1. The summed E-state index contributed by atoms with van der Waals surface area (Å²) < 4.78 is 15.9. The second-order valence-electron chi connectivity index (χ2n) is 4.58. The molecule has 0 spiro atoms. The molecule has 0 aliphatic carbocycles. The minimum Gasteiger partial charge on any atom is -0.493 e. The Morgan fingerprint density at radius 3 is 1.68 bits per heavy atom. The molecule has 0 aliphatic heterocycles. The lowest BCUT2D eigenvalue weighted by molar-refractivity contribution is 0.112. The standard InChI is InChI=1S/C18H18O4/c1-20-16-10-15(11-17(21-2)18(16)22-3)9-6-13-4-7-14(12-19)8-5-13/h4-12H,1-3H3/b9-6-. The SMILES string of the molecule is COc1cc(/C=C\c2ccc(C=O)cc2)cc(OC)c1OC. The van der Waals surface area contributed by atoms with Gasteiger partial charge >= 0.3 is 0 Å². The molecule has 0 N–H and O–H groups in total. The molecule has 0 bridgehead atoms. The molecule has 0 aromatic heterocycles. The van der Waals surface area contributed by atoms with Crippen LogP contribution in [0.4, 0.5) is 0 Å². The monoisotopic (exact) mass is 298 g/mol. The predicted molar refractivity (Wildman–Crippen MR) is 86.9 cm³/mol. The van der Waals surface area contributed by atoms with Gasteiger partial charge in [-0.3, -0.25) is 4.79 Å². The van der Waals surface area contributed by atoms with Gasteiger partial charge in [0, 0.05) is 5.56 Å². The summed E-state index contributed by atoms with van der Waals surface area (Å²) in [5.41, 5.74) is 2.58. The first-order chi connectivity index (χ1) is 10.7. The molecule has 0 atom stereocenters. The Bertz CT molecular complexity index is 647. The third kappa shape index (κ3) is 3.47. The summed E-state index contributed by atoms with van der Waals surface area (Å²) in [6, 6.07) is 11.1. The van der Waals surface area contributed by atoms with Crippen molar-refractivity contribution in [2.24, 2.45) is 0 Å². The summed E-state index contributed by atoms with van der Waals surface area (Å²) in [5, 5.41) is 0. The molecule has 0 saturated heterocycles. The number of aldehydes is 1. The van der Waals surface area contributed by atoms with Crippen LogP contribution in [0.5, 0.6) is 17.2 Å². The fourth-order valence-corrected chi connectivity index (χ4v) is 2.08. The molecule has 114 valence electrons. The molecule has 0 unspecified atom stereocenters. The zero-order valence-corrected chi connectivity index (χ0v) is 12.8. The first-order valence-electron chi connectivity index (χ1n) is 6.75. The molecule has 2 aromatic rings. The van der Waals surface area contributed by atoms with Crippen molar-refractivity contribution in [3.8, 4) is 17.2 Å². The van der Waals surface area contributed by atoms with Gasteiger partial charge < -0.3 is 14.2 Å². The highest BCUT2D eigenvalue weighted by Crippen LogP contribution is 2.38. The van der Waals surface area contributed by atoms with Crippen LogP contribution in [0.25, 0.3) is 12.2 Å². The van der Waals surface area contributed by atoms with Gasteiger partial charge in [-0.25, -0.2) is 0 Å². The Balaban J connectivity index is 2.31. The number of hydrogen-bond donors (Lipinski definition) is 0. The quantitative estimate of drug-likeness (QED) is 0.602. The summed E-state index contributed by atoms with van der Waals surface area (Å²) in [5.74, 6) is 1.79. The molecule has 0 fully saturated rings. The van der Waals surface area contributed by atoms with Crippen LogP contribution in [0, 0.1) is 0 Å². The van der Waals surface area contributed by atoms with Gasteiger partial charge in [-0.15, -0.1) is 0 Å². The second kappa shape index (κ2) is 7.31. The molecule has 0 amide bonds. The number of methoxy groups -OCH3 is 3. The molecule has 0 aliphatic rings. The van der Waals surface area contributed by atoms with Crippen LogP contribution in [-0.4, -0.2) is 27.6 Å². The van der Waals surface area contributed by atoms with Crippen molar-refractivity contribution in [2.75, 3.05) is 21.3 Å². The lowest BCUT2D eigenvalue weighted by Crippen LogP contribution is -1.95. The minimum atomic E-state index is 0.567. The van der Waals surface area contributed by atoms with Crippen molar-refractivity contribution in [1.82, 2.24) is 0 Å². The van der Waals surface area contributed by atoms with E-state index in [9.17, 15) is 4.79 Å². The molecule has 0 heterocycles. The van der Waals surface area contributed by atoms with Gasteiger partial charge in [-0.1, -0.05) is 36.4 Å². The third-order valence-corrected chi connectivity index (χ3v) is 3.23.